The number of halogens is 2. The molecule has 0 unspecified atom stereocenters. The van der Waals surface area contributed by atoms with Gasteiger partial charge in [0.15, 0.2) is 11.6 Å². The van der Waals surface area contributed by atoms with Crippen LogP contribution in [0.1, 0.15) is 12.1 Å². The highest BCUT2D eigenvalue weighted by atomic mass is 32.2. The molecule has 1 aliphatic rings. The van der Waals surface area contributed by atoms with Gasteiger partial charge in [-0.3, -0.25) is 0 Å². The van der Waals surface area contributed by atoms with Crippen LogP contribution in [-0.2, 0) is 6.42 Å². The van der Waals surface area contributed by atoms with Gasteiger partial charge in [0, 0.05) is 4.90 Å². The van der Waals surface area contributed by atoms with E-state index in [0.717, 1.165) is 40.3 Å². The second kappa shape index (κ2) is 5.46. The lowest BCUT2D eigenvalue weighted by Gasteiger charge is -2.16. The van der Waals surface area contributed by atoms with Crippen molar-refractivity contribution < 1.29 is 8.78 Å². The topological polar surface area (TPSA) is 25.8 Å². The van der Waals surface area contributed by atoms with Gasteiger partial charge in [-0.05, 0) is 36.8 Å². The molecular weight excluding hydrogens is 286 g/mol. The molecule has 0 saturated heterocycles. The van der Waals surface area contributed by atoms with Gasteiger partial charge in [-0.2, -0.15) is 0 Å². The molecule has 0 fully saturated rings. The summed E-state index contributed by atoms with van der Waals surface area (Å²) in [5.41, 5.74) is 1.05. The van der Waals surface area contributed by atoms with E-state index < -0.39 is 11.6 Å². The average molecular weight is 296 g/mol. The van der Waals surface area contributed by atoms with Crippen LogP contribution in [0.4, 0.5) is 8.78 Å². The highest BCUT2D eigenvalue weighted by molar-refractivity contribution is 8.02. The number of aromatic nitrogens is 2. The standard InChI is InChI=1S/C13H10F2N2S2/c14-9-4-3-8(6-10(9)15)19-13-12-11(16-7-17-13)2-1-5-18-12/h3-4,6-7H,1-2,5H2. The predicted molar refractivity (Wildman–Crippen MR) is 71.6 cm³/mol. The molecule has 1 aromatic heterocycles. The van der Waals surface area contributed by atoms with Crippen molar-refractivity contribution in [2.75, 3.05) is 5.75 Å². The van der Waals surface area contributed by atoms with Gasteiger partial charge in [-0.15, -0.1) is 11.8 Å². The number of hydrogen-bond donors (Lipinski definition) is 0. The average Bonchev–Trinajstić information content (AvgIpc) is 2.43. The fourth-order valence-electron chi connectivity index (χ4n) is 1.85. The first kappa shape index (κ1) is 12.9. The molecule has 3 rings (SSSR count). The summed E-state index contributed by atoms with van der Waals surface area (Å²) in [5.74, 6) is -0.616. The van der Waals surface area contributed by atoms with Gasteiger partial charge in [0.2, 0.25) is 0 Å². The Bertz CT molecular complexity index is 620. The highest BCUT2D eigenvalue weighted by Crippen LogP contribution is 2.38. The van der Waals surface area contributed by atoms with Crippen LogP contribution >= 0.6 is 23.5 Å². The van der Waals surface area contributed by atoms with Crippen molar-refractivity contribution in [3.05, 3.63) is 41.9 Å². The molecule has 19 heavy (non-hydrogen) atoms. The Kier molecular flexibility index (Phi) is 3.70. The van der Waals surface area contributed by atoms with Gasteiger partial charge >= 0.3 is 0 Å². The minimum atomic E-state index is -0.833. The summed E-state index contributed by atoms with van der Waals surface area (Å²) >= 11 is 3.07. The third-order valence-corrected chi connectivity index (χ3v) is 5.09. The summed E-state index contributed by atoms with van der Waals surface area (Å²) in [6, 6.07) is 3.89. The summed E-state index contributed by atoms with van der Waals surface area (Å²) in [5, 5.41) is 0.820. The van der Waals surface area contributed by atoms with E-state index in [9.17, 15) is 8.78 Å². The van der Waals surface area contributed by atoms with Crippen LogP contribution in [0.2, 0.25) is 0 Å². The summed E-state index contributed by atoms with van der Waals surface area (Å²) in [6.07, 6.45) is 3.60. The quantitative estimate of drug-likeness (QED) is 0.784. The van der Waals surface area contributed by atoms with Crippen molar-refractivity contribution in [1.82, 2.24) is 9.97 Å². The van der Waals surface area contributed by atoms with Crippen molar-refractivity contribution in [1.29, 1.82) is 0 Å². The van der Waals surface area contributed by atoms with E-state index in [2.05, 4.69) is 9.97 Å². The first-order valence-corrected chi connectivity index (χ1v) is 7.64. The molecule has 2 nitrogen and oxygen atoms in total. The number of thioether (sulfide) groups is 1. The molecule has 0 aliphatic carbocycles. The van der Waals surface area contributed by atoms with E-state index >= 15 is 0 Å². The Morgan fingerprint density at radius 2 is 2.05 bits per heavy atom. The van der Waals surface area contributed by atoms with Gasteiger partial charge in [0.1, 0.15) is 11.4 Å². The molecule has 1 aromatic carbocycles. The second-order valence-corrected chi connectivity index (χ2v) is 6.25. The van der Waals surface area contributed by atoms with Crippen molar-refractivity contribution in [2.45, 2.75) is 27.7 Å². The minimum absolute atomic E-state index is 0.644. The highest BCUT2D eigenvalue weighted by Gasteiger charge is 2.17. The molecule has 0 atom stereocenters. The van der Waals surface area contributed by atoms with Crippen molar-refractivity contribution in [2.24, 2.45) is 0 Å². The van der Waals surface area contributed by atoms with Crippen molar-refractivity contribution >= 4 is 23.5 Å². The molecule has 2 heterocycles. The Labute approximate surface area is 118 Å². The van der Waals surface area contributed by atoms with Crippen molar-refractivity contribution in [3.8, 4) is 0 Å². The zero-order chi connectivity index (χ0) is 13.2. The minimum Gasteiger partial charge on any atom is -0.240 e. The number of fused-ring (bicyclic) bond motifs is 1. The fraction of sp³-hybridized carbons (Fsp3) is 0.231. The number of benzene rings is 1. The normalized spacial score (nSPS) is 14.2. The first-order valence-electron chi connectivity index (χ1n) is 5.83. The maximum Gasteiger partial charge on any atom is 0.159 e. The van der Waals surface area contributed by atoms with Gasteiger partial charge in [-0.25, -0.2) is 18.7 Å². The molecule has 1 aliphatic heterocycles. The lowest BCUT2D eigenvalue weighted by atomic mass is 10.2. The van der Waals surface area contributed by atoms with Gasteiger partial charge < -0.3 is 0 Å². The van der Waals surface area contributed by atoms with Crippen LogP contribution in [-0.4, -0.2) is 15.7 Å². The predicted octanol–water partition coefficient (Wildman–Crippen LogP) is 3.94. The first-order chi connectivity index (χ1) is 9.24. The maximum atomic E-state index is 13.2. The largest absolute Gasteiger partial charge is 0.240 e. The van der Waals surface area contributed by atoms with E-state index in [1.165, 1.54) is 24.2 Å². The van der Waals surface area contributed by atoms with E-state index in [1.54, 1.807) is 17.8 Å². The summed E-state index contributed by atoms with van der Waals surface area (Å²) in [7, 11) is 0. The van der Waals surface area contributed by atoms with E-state index in [4.69, 9.17) is 0 Å². The number of rotatable bonds is 2. The molecule has 0 radical (unpaired) electrons. The van der Waals surface area contributed by atoms with Gasteiger partial charge in [-0.1, -0.05) is 11.8 Å². The van der Waals surface area contributed by atoms with E-state index in [0.29, 0.717) is 4.90 Å². The van der Waals surface area contributed by atoms with Crippen LogP contribution in [0, 0.1) is 11.6 Å². The maximum absolute atomic E-state index is 13.2. The third kappa shape index (κ3) is 2.74. The van der Waals surface area contributed by atoms with Crippen LogP contribution in [0.15, 0.2) is 39.3 Å². The van der Waals surface area contributed by atoms with Crippen molar-refractivity contribution in [3.63, 3.8) is 0 Å². The smallest absolute Gasteiger partial charge is 0.159 e. The molecule has 0 spiro atoms. The third-order valence-electron chi connectivity index (χ3n) is 2.75. The summed E-state index contributed by atoms with van der Waals surface area (Å²) in [4.78, 5) is 10.2. The molecule has 0 N–H and O–H groups in total. The Hall–Kier alpha value is -1.14. The summed E-state index contributed by atoms with van der Waals surface area (Å²) in [6.45, 7) is 0. The van der Waals surface area contributed by atoms with Crippen LogP contribution in [0.5, 0.6) is 0 Å². The Morgan fingerprint density at radius 3 is 2.89 bits per heavy atom. The lowest BCUT2D eigenvalue weighted by Crippen LogP contribution is -2.03. The van der Waals surface area contributed by atoms with E-state index in [1.807, 2.05) is 0 Å². The van der Waals surface area contributed by atoms with Crippen LogP contribution < -0.4 is 0 Å². The zero-order valence-corrected chi connectivity index (χ0v) is 11.5. The number of aryl methyl sites for hydroxylation is 1. The van der Waals surface area contributed by atoms with E-state index in [-0.39, 0.29) is 0 Å². The molecule has 0 amide bonds. The molecular formula is C13H10F2N2S2. The van der Waals surface area contributed by atoms with Gasteiger partial charge in [0.25, 0.3) is 0 Å². The van der Waals surface area contributed by atoms with Gasteiger partial charge in [0.05, 0.1) is 10.6 Å². The molecule has 98 valence electrons. The van der Waals surface area contributed by atoms with Crippen LogP contribution in [0.3, 0.4) is 0 Å². The Morgan fingerprint density at radius 1 is 1.16 bits per heavy atom. The van der Waals surface area contributed by atoms with Crippen LogP contribution in [0.25, 0.3) is 0 Å². The number of hydrogen-bond acceptors (Lipinski definition) is 4. The lowest BCUT2D eigenvalue weighted by molar-refractivity contribution is 0.506. The SMILES string of the molecule is Fc1ccc(Sc2ncnc3c2SCCC3)cc1F. The second-order valence-electron chi connectivity index (χ2n) is 4.08. The number of nitrogens with zero attached hydrogens (tertiary/aromatic N) is 2. The Balaban J connectivity index is 1.92. The zero-order valence-electron chi connectivity index (χ0n) is 9.90. The molecule has 0 bridgehead atoms. The summed E-state index contributed by atoms with van der Waals surface area (Å²) < 4.78 is 26.1. The fourth-order valence-corrected chi connectivity index (χ4v) is 3.98. The molecule has 6 heteroatoms. The monoisotopic (exact) mass is 296 g/mol. The molecule has 2 aromatic rings. The molecule has 0 saturated carbocycles.